The molecule has 0 spiro atoms. The van der Waals surface area contributed by atoms with E-state index in [1.165, 1.54) is 12.0 Å². The Bertz CT molecular complexity index is 585. The van der Waals surface area contributed by atoms with Crippen molar-refractivity contribution in [2.24, 2.45) is 5.92 Å². The van der Waals surface area contributed by atoms with Crippen LogP contribution in [0.1, 0.15) is 28.3 Å². The lowest BCUT2D eigenvalue weighted by Crippen LogP contribution is -2.15. The molecule has 0 radical (unpaired) electrons. The Labute approximate surface area is 107 Å². The molecule has 94 valence electrons. The summed E-state index contributed by atoms with van der Waals surface area (Å²) >= 11 is 0. The van der Waals surface area contributed by atoms with Gasteiger partial charge < -0.3 is 9.88 Å². The van der Waals surface area contributed by atoms with E-state index in [0.717, 1.165) is 35.2 Å². The number of hydrogen-bond donors (Lipinski definition) is 1. The highest BCUT2D eigenvalue weighted by Gasteiger charge is 2.38. The van der Waals surface area contributed by atoms with E-state index in [1.807, 2.05) is 0 Å². The van der Waals surface area contributed by atoms with Gasteiger partial charge in [0.1, 0.15) is 0 Å². The summed E-state index contributed by atoms with van der Waals surface area (Å²) < 4.78 is 0. The Morgan fingerprint density at radius 2 is 2.28 bits per heavy atom. The van der Waals surface area contributed by atoms with Crippen LogP contribution < -0.4 is 0 Å². The van der Waals surface area contributed by atoms with E-state index in [0.29, 0.717) is 5.92 Å². The quantitative estimate of drug-likeness (QED) is 0.837. The summed E-state index contributed by atoms with van der Waals surface area (Å²) in [4.78, 5) is 16.3. The molecule has 0 saturated heterocycles. The molecular weight excluding hydrogens is 224 g/mol. The van der Waals surface area contributed by atoms with Gasteiger partial charge in [0, 0.05) is 29.2 Å². The number of benzene rings is 1. The molecule has 0 aliphatic heterocycles. The molecule has 1 aliphatic carbocycles. The van der Waals surface area contributed by atoms with Crippen molar-refractivity contribution >= 4 is 17.2 Å². The molecule has 1 heterocycles. The van der Waals surface area contributed by atoms with Gasteiger partial charge in [-0.3, -0.25) is 4.79 Å². The fraction of sp³-hybridized carbons (Fsp3) is 0.400. The van der Waals surface area contributed by atoms with Crippen LogP contribution in [0.4, 0.5) is 0 Å². The molecule has 1 saturated carbocycles. The topological polar surface area (TPSA) is 36.1 Å². The van der Waals surface area contributed by atoms with Gasteiger partial charge in [-0.2, -0.15) is 0 Å². The standard InChI is InChI=1S/C15H18N2O/c1-17(2)8-11-6-13(11)10-3-4-15-14(5-10)12(9-18)7-16-15/h3-5,7,9,11,13,16H,6,8H2,1-2H3. The fourth-order valence-electron chi connectivity index (χ4n) is 2.81. The maximum Gasteiger partial charge on any atom is 0.152 e. The van der Waals surface area contributed by atoms with Crippen LogP contribution in [0, 0.1) is 5.92 Å². The van der Waals surface area contributed by atoms with Crippen molar-refractivity contribution < 1.29 is 4.79 Å². The summed E-state index contributed by atoms with van der Waals surface area (Å²) in [6, 6.07) is 6.45. The largest absolute Gasteiger partial charge is 0.360 e. The number of aromatic amines is 1. The Balaban J connectivity index is 1.88. The molecule has 1 aliphatic rings. The molecule has 3 nitrogen and oxygen atoms in total. The SMILES string of the molecule is CN(C)CC1CC1c1ccc2[nH]cc(C=O)c2c1. The fourth-order valence-corrected chi connectivity index (χ4v) is 2.81. The first-order chi connectivity index (χ1) is 8.69. The number of carbonyl (C=O) groups excluding carboxylic acids is 1. The molecule has 2 aromatic rings. The molecule has 3 rings (SSSR count). The summed E-state index contributed by atoms with van der Waals surface area (Å²) in [7, 11) is 4.24. The van der Waals surface area contributed by atoms with Gasteiger partial charge in [0.25, 0.3) is 0 Å². The van der Waals surface area contributed by atoms with Crippen LogP contribution in [0.15, 0.2) is 24.4 Å². The average Bonchev–Trinajstić information content (AvgIpc) is 2.98. The van der Waals surface area contributed by atoms with Gasteiger partial charge in [-0.1, -0.05) is 6.07 Å². The molecule has 2 unspecified atom stereocenters. The van der Waals surface area contributed by atoms with E-state index in [9.17, 15) is 4.79 Å². The molecular formula is C15H18N2O. The summed E-state index contributed by atoms with van der Waals surface area (Å²) in [5.41, 5.74) is 3.18. The number of rotatable bonds is 4. The lowest BCUT2D eigenvalue weighted by Gasteiger charge is -2.08. The van der Waals surface area contributed by atoms with Crippen LogP contribution in [0.2, 0.25) is 0 Å². The van der Waals surface area contributed by atoms with Crippen LogP contribution in [0.25, 0.3) is 10.9 Å². The second kappa shape index (κ2) is 4.25. The number of nitrogens with one attached hydrogen (secondary N) is 1. The van der Waals surface area contributed by atoms with Gasteiger partial charge in [-0.05, 0) is 50.0 Å². The summed E-state index contributed by atoms with van der Waals surface area (Å²) in [6.45, 7) is 1.15. The lowest BCUT2D eigenvalue weighted by atomic mass is 10.1. The van der Waals surface area contributed by atoms with Crippen molar-refractivity contribution in [1.82, 2.24) is 9.88 Å². The highest BCUT2D eigenvalue weighted by molar-refractivity contribution is 5.97. The smallest absolute Gasteiger partial charge is 0.152 e. The second-order valence-corrected chi connectivity index (χ2v) is 5.53. The van der Waals surface area contributed by atoms with Gasteiger partial charge >= 0.3 is 0 Å². The zero-order chi connectivity index (χ0) is 12.7. The van der Waals surface area contributed by atoms with Crippen LogP contribution >= 0.6 is 0 Å². The van der Waals surface area contributed by atoms with Crippen molar-refractivity contribution in [2.45, 2.75) is 12.3 Å². The maximum absolute atomic E-state index is 11.0. The van der Waals surface area contributed by atoms with Crippen LogP contribution in [0.5, 0.6) is 0 Å². The van der Waals surface area contributed by atoms with E-state index in [-0.39, 0.29) is 0 Å². The predicted molar refractivity (Wildman–Crippen MR) is 73.1 cm³/mol. The third-order valence-electron chi connectivity index (χ3n) is 3.82. The van der Waals surface area contributed by atoms with Gasteiger partial charge in [0.05, 0.1) is 0 Å². The summed E-state index contributed by atoms with van der Waals surface area (Å²) in [5, 5.41) is 1.05. The number of aromatic nitrogens is 1. The van der Waals surface area contributed by atoms with Gasteiger partial charge in [0.15, 0.2) is 6.29 Å². The minimum absolute atomic E-state index is 0.672. The Kier molecular flexibility index (Phi) is 2.71. The van der Waals surface area contributed by atoms with Crippen LogP contribution in [-0.2, 0) is 0 Å². The number of aldehydes is 1. The highest BCUT2D eigenvalue weighted by atomic mass is 16.1. The predicted octanol–water partition coefficient (Wildman–Crippen LogP) is 2.65. The molecule has 1 N–H and O–H groups in total. The first-order valence-corrected chi connectivity index (χ1v) is 6.40. The maximum atomic E-state index is 11.0. The molecule has 2 atom stereocenters. The molecule has 3 heteroatoms. The van der Waals surface area contributed by atoms with Crippen molar-refractivity contribution in [3.05, 3.63) is 35.5 Å². The highest BCUT2D eigenvalue weighted by Crippen LogP contribution is 2.48. The molecule has 1 aromatic carbocycles. The third kappa shape index (κ3) is 1.95. The molecule has 1 fully saturated rings. The van der Waals surface area contributed by atoms with Crippen LogP contribution in [-0.4, -0.2) is 36.8 Å². The first kappa shape index (κ1) is 11.5. The second-order valence-electron chi connectivity index (χ2n) is 5.53. The zero-order valence-corrected chi connectivity index (χ0v) is 10.8. The van der Waals surface area contributed by atoms with E-state index < -0.39 is 0 Å². The van der Waals surface area contributed by atoms with Crippen molar-refractivity contribution in [2.75, 3.05) is 20.6 Å². The van der Waals surface area contributed by atoms with Crippen LogP contribution in [0.3, 0.4) is 0 Å². The number of fused-ring (bicyclic) bond motifs is 1. The van der Waals surface area contributed by atoms with Gasteiger partial charge in [0.2, 0.25) is 0 Å². The van der Waals surface area contributed by atoms with E-state index >= 15 is 0 Å². The Morgan fingerprint density at radius 1 is 1.44 bits per heavy atom. The zero-order valence-electron chi connectivity index (χ0n) is 10.8. The summed E-state index contributed by atoms with van der Waals surface area (Å²) in [5.74, 6) is 1.45. The number of hydrogen-bond acceptors (Lipinski definition) is 2. The van der Waals surface area contributed by atoms with Crippen molar-refractivity contribution in [3.8, 4) is 0 Å². The number of nitrogens with zero attached hydrogens (tertiary/aromatic N) is 1. The van der Waals surface area contributed by atoms with E-state index in [4.69, 9.17) is 0 Å². The molecule has 0 amide bonds. The lowest BCUT2D eigenvalue weighted by molar-refractivity contribution is 0.112. The normalized spacial score (nSPS) is 22.6. The van der Waals surface area contributed by atoms with Crippen molar-refractivity contribution in [1.29, 1.82) is 0 Å². The van der Waals surface area contributed by atoms with Crippen molar-refractivity contribution in [3.63, 3.8) is 0 Å². The van der Waals surface area contributed by atoms with E-state index in [2.05, 4.69) is 42.2 Å². The minimum atomic E-state index is 0.672. The molecule has 0 bridgehead atoms. The average molecular weight is 242 g/mol. The van der Waals surface area contributed by atoms with Gasteiger partial charge in [-0.15, -0.1) is 0 Å². The molecule has 1 aromatic heterocycles. The number of H-pyrrole nitrogens is 1. The number of carbonyl (C=O) groups is 1. The monoisotopic (exact) mass is 242 g/mol. The Hall–Kier alpha value is -1.61. The van der Waals surface area contributed by atoms with E-state index in [1.54, 1.807) is 6.20 Å². The molecule has 18 heavy (non-hydrogen) atoms. The first-order valence-electron chi connectivity index (χ1n) is 6.40. The summed E-state index contributed by atoms with van der Waals surface area (Å²) in [6.07, 6.45) is 3.98. The Morgan fingerprint density at radius 3 is 3.00 bits per heavy atom. The third-order valence-corrected chi connectivity index (χ3v) is 3.82. The van der Waals surface area contributed by atoms with Gasteiger partial charge in [-0.25, -0.2) is 0 Å². The minimum Gasteiger partial charge on any atom is -0.360 e.